The lowest BCUT2D eigenvalue weighted by molar-refractivity contribution is 0.00751. The lowest BCUT2D eigenvalue weighted by Gasteiger charge is -2.37. The van der Waals surface area contributed by atoms with Crippen molar-refractivity contribution >= 4 is 29.9 Å². The molecule has 0 spiro atoms. The molecule has 2 rings (SSSR count). The fraction of sp³-hybridized carbons (Fsp3) is 0.762. The Kier molecular flexibility index (Phi) is 12.8. The number of rotatable bonds is 10. The van der Waals surface area contributed by atoms with Crippen LogP contribution in [0.3, 0.4) is 0 Å². The van der Waals surface area contributed by atoms with E-state index >= 15 is 0 Å². The first-order chi connectivity index (χ1) is 13.6. The Balaban J connectivity index is 0.00000420. The second kappa shape index (κ2) is 14.2. The molecule has 1 saturated heterocycles. The van der Waals surface area contributed by atoms with Gasteiger partial charge < -0.3 is 19.8 Å². The number of likely N-dealkylation sites (N-methyl/N-ethyl adjacent to an activating group) is 1. The first-order valence-electron chi connectivity index (χ1n) is 10.6. The highest BCUT2D eigenvalue weighted by Gasteiger charge is 2.24. The van der Waals surface area contributed by atoms with Crippen LogP contribution < -0.4 is 10.6 Å². The third-order valence-electron chi connectivity index (χ3n) is 5.57. The van der Waals surface area contributed by atoms with Gasteiger partial charge in [-0.3, -0.25) is 14.8 Å². The molecule has 7 nitrogen and oxygen atoms in total. The number of ether oxygens (including phenoxy) is 1. The largest absolute Gasteiger partial charge is 0.468 e. The van der Waals surface area contributed by atoms with Crippen molar-refractivity contribution < 1.29 is 9.15 Å². The average Bonchev–Trinajstić information content (AvgIpc) is 3.24. The van der Waals surface area contributed by atoms with E-state index in [1.165, 1.54) is 0 Å². The van der Waals surface area contributed by atoms with Crippen molar-refractivity contribution in [1.82, 2.24) is 20.4 Å². The molecule has 2 N–H and O–H groups in total. The zero-order valence-electron chi connectivity index (χ0n) is 18.7. The quantitative estimate of drug-likeness (QED) is 0.281. The topological polar surface area (TPSA) is 65.3 Å². The van der Waals surface area contributed by atoms with Gasteiger partial charge in [-0.1, -0.05) is 27.7 Å². The molecule has 0 aliphatic carbocycles. The van der Waals surface area contributed by atoms with E-state index < -0.39 is 0 Å². The number of halogens is 1. The molecule has 2 atom stereocenters. The molecular formula is C21H40IN5O2. The molecule has 1 fully saturated rings. The van der Waals surface area contributed by atoms with E-state index in [9.17, 15) is 0 Å². The molecule has 0 amide bonds. The summed E-state index contributed by atoms with van der Waals surface area (Å²) in [6.45, 7) is 16.1. The van der Waals surface area contributed by atoms with Crippen molar-refractivity contribution in [2.24, 2.45) is 10.9 Å². The number of aliphatic imine (C=N–C) groups is 1. The minimum absolute atomic E-state index is 0. The summed E-state index contributed by atoms with van der Waals surface area (Å²) in [6, 6.07) is 4.65. The standard InChI is InChI=1S/C21H39N5O2.HI/c1-6-25(7-2)19(20-9-8-12-28-20)16-24-21(22-5)23-15-18(17(3)4)26-10-13-27-14-11-26;/h8-9,12,17-19H,6-7,10-11,13-16H2,1-5H3,(H2,22,23,24);1H. The molecule has 2 unspecified atom stereocenters. The second-order valence-electron chi connectivity index (χ2n) is 7.55. The monoisotopic (exact) mass is 521 g/mol. The molecule has 1 aromatic rings. The van der Waals surface area contributed by atoms with Crippen molar-refractivity contribution in [3.05, 3.63) is 24.2 Å². The van der Waals surface area contributed by atoms with Gasteiger partial charge in [-0.2, -0.15) is 0 Å². The number of guanidine groups is 1. The number of hydrogen-bond donors (Lipinski definition) is 2. The number of hydrogen-bond acceptors (Lipinski definition) is 5. The van der Waals surface area contributed by atoms with Crippen LogP contribution in [-0.4, -0.2) is 81.3 Å². The van der Waals surface area contributed by atoms with Gasteiger partial charge in [-0.25, -0.2) is 0 Å². The van der Waals surface area contributed by atoms with E-state index in [0.29, 0.717) is 12.0 Å². The summed E-state index contributed by atoms with van der Waals surface area (Å²) in [6.07, 6.45) is 1.74. The Labute approximate surface area is 193 Å². The van der Waals surface area contributed by atoms with Crippen molar-refractivity contribution in [1.29, 1.82) is 0 Å². The molecule has 1 aliphatic rings. The smallest absolute Gasteiger partial charge is 0.191 e. The molecular weight excluding hydrogens is 481 g/mol. The molecule has 1 aromatic heterocycles. The van der Waals surface area contributed by atoms with E-state index in [1.807, 2.05) is 19.2 Å². The third kappa shape index (κ3) is 8.07. The SMILES string of the molecule is CCN(CC)C(CNC(=NC)NCC(C(C)C)N1CCOCC1)c1ccco1.I. The van der Waals surface area contributed by atoms with Gasteiger partial charge >= 0.3 is 0 Å². The van der Waals surface area contributed by atoms with Crippen molar-refractivity contribution in [3.63, 3.8) is 0 Å². The third-order valence-corrected chi connectivity index (χ3v) is 5.57. The van der Waals surface area contributed by atoms with E-state index in [-0.39, 0.29) is 30.0 Å². The highest BCUT2D eigenvalue weighted by atomic mass is 127. The maximum Gasteiger partial charge on any atom is 0.191 e. The predicted molar refractivity (Wildman–Crippen MR) is 130 cm³/mol. The van der Waals surface area contributed by atoms with Gasteiger partial charge in [-0.05, 0) is 31.1 Å². The summed E-state index contributed by atoms with van der Waals surface area (Å²) in [5.74, 6) is 2.39. The lowest BCUT2D eigenvalue weighted by atomic mass is 10.0. The molecule has 29 heavy (non-hydrogen) atoms. The predicted octanol–water partition coefficient (Wildman–Crippen LogP) is 2.80. The van der Waals surface area contributed by atoms with E-state index in [4.69, 9.17) is 9.15 Å². The molecule has 168 valence electrons. The number of nitrogens with zero attached hydrogens (tertiary/aromatic N) is 3. The number of morpholine rings is 1. The van der Waals surface area contributed by atoms with E-state index in [1.54, 1.807) is 6.26 Å². The van der Waals surface area contributed by atoms with Crippen molar-refractivity contribution in [3.8, 4) is 0 Å². The highest BCUT2D eigenvalue weighted by molar-refractivity contribution is 14.0. The number of furan rings is 1. The van der Waals surface area contributed by atoms with E-state index in [2.05, 4.69) is 53.1 Å². The van der Waals surface area contributed by atoms with Gasteiger partial charge in [0.1, 0.15) is 5.76 Å². The fourth-order valence-electron chi connectivity index (χ4n) is 3.87. The summed E-state index contributed by atoms with van der Waals surface area (Å²) in [4.78, 5) is 9.35. The minimum atomic E-state index is 0. The van der Waals surface area contributed by atoms with Gasteiger partial charge in [0.05, 0.1) is 25.5 Å². The Morgan fingerprint density at radius 2 is 1.83 bits per heavy atom. The molecule has 0 radical (unpaired) electrons. The normalized spacial score (nSPS) is 17.8. The van der Waals surface area contributed by atoms with Gasteiger partial charge in [0.2, 0.25) is 0 Å². The zero-order chi connectivity index (χ0) is 20.4. The van der Waals surface area contributed by atoms with Gasteiger partial charge in [0.15, 0.2) is 5.96 Å². The summed E-state index contributed by atoms with van der Waals surface area (Å²) < 4.78 is 11.2. The maximum atomic E-state index is 5.69. The summed E-state index contributed by atoms with van der Waals surface area (Å²) >= 11 is 0. The van der Waals surface area contributed by atoms with Crippen LogP contribution in [0, 0.1) is 5.92 Å². The fourth-order valence-corrected chi connectivity index (χ4v) is 3.87. The van der Waals surface area contributed by atoms with Crippen LogP contribution in [-0.2, 0) is 4.74 Å². The molecule has 2 heterocycles. The summed E-state index contributed by atoms with van der Waals surface area (Å²) in [7, 11) is 1.83. The molecule has 8 heteroatoms. The summed E-state index contributed by atoms with van der Waals surface area (Å²) in [5, 5.41) is 7.03. The maximum absolute atomic E-state index is 5.69. The van der Waals surface area contributed by atoms with Crippen LogP contribution >= 0.6 is 24.0 Å². The Hall–Kier alpha value is -0.840. The van der Waals surface area contributed by atoms with Crippen LogP contribution in [0.1, 0.15) is 39.5 Å². The lowest BCUT2D eigenvalue weighted by Crippen LogP contribution is -2.53. The van der Waals surface area contributed by atoms with Crippen molar-refractivity contribution in [2.75, 3.05) is 59.5 Å². The molecule has 0 saturated carbocycles. The zero-order valence-corrected chi connectivity index (χ0v) is 21.0. The second-order valence-corrected chi connectivity index (χ2v) is 7.55. The molecule has 0 aromatic carbocycles. The molecule has 1 aliphatic heterocycles. The minimum Gasteiger partial charge on any atom is -0.468 e. The Morgan fingerprint density at radius 1 is 1.17 bits per heavy atom. The van der Waals surface area contributed by atoms with Crippen LogP contribution in [0.15, 0.2) is 27.8 Å². The Morgan fingerprint density at radius 3 is 2.34 bits per heavy atom. The Bertz CT molecular complexity index is 557. The summed E-state index contributed by atoms with van der Waals surface area (Å²) in [5.41, 5.74) is 0. The first-order valence-corrected chi connectivity index (χ1v) is 10.6. The van der Waals surface area contributed by atoms with Gasteiger partial charge in [-0.15, -0.1) is 24.0 Å². The van der Waals surface area contributed by atoms with E-state index in [0.717, 1.165) is 64.2 Å². The van der Waals surface area contributed by atoms with Crippen LogP contribution in [0.25, 0.3) is 0 Å². The van der Waals surface area contributed by atoms with Gasteiger partial charge in [0, 0.05) is 39.3 Å². The van der Waals surface area contributed by atoms with Crippen LogP contribution in [0.4, 0.5) is 0 Å². The van der Waals surface area contributed by atoms with Crippen LogP contribution in [0.5, 0.6) is 0 Å². The number of nitrogens with one attached hydrogen (secondary N) is 2. The van der Waals surface area contributed by atoms with Gasteiger partial charge in [0.25, 0.3) is 0 Å². The van der Waals surface area contributed by atoms with Crippen LogP contribution in [0.2, 0.25) is 0 Å². The highest BCUT2D eigenvalue weighted by Crippen LogP contribution is 2.20. The first kappa shape index (κ1) is 26.2. The average molecular weight is 521 g/mol. The van der Waals surface area contributed by atoms with Crippen molar-refractivity contribution in [2.45, 2.75) is 39.8 Å². The molecule has 0 bridgehead atoms.